The Balaban J connectivity index is 1.68. The van der Waals surface area contributed by atoms with Crippen molar-refractivity contribution in [2.75, 3.05) is 13.7 Å². The maximum atomic E-state index is 13.6. The van der Waals surface area contributed by atoms with Crippen molar-refractivity contribution < 1.29 is 9.13 Å². The van der Waals surface area contributed by atoms with Crippen LogP contribution in [0.15, 0.2) is 18.2 Å². The Kier molecular flexibility index (Phi) is 3.12. The van der Waals surface area contributed by atoms with Gasteiger partial charge >= 0.3 is 0 Å². The van der Waals surface area contributed by atoms with Crippen LogP contribution in [-0.2, 0) is 11.2 Å². The highest BCUT2D eigenvalue weighted by Crippen LogP contribution is 2.37. The largest absolute Gasteiger partial charge is 0.377 e. The molecule has 1 aromatic rings. The zero-order chi connectivity index (χ0) is 12.6. The molecule has 18 heavy (non-hydrogen) atoms. The van der Waals surface area contributed by atoms with E-state index in [0.29, 0.717) is 6.04 Å². The molecule has 1 atom stereocenters. The van der Waals surface area contributed by atoms with Crippen LogP contribution in [0.5, 0.6) is 0 Å². The highest BCUT2D eigenvalue weighted by Gasteiger charge is 2.37. The first-order chi connectivity index (χ1) is 8.74. The molecule has 2 aliphatic carbocycles. The van der Waals surface area contributed by atoms with Crippen LogP contribution in [0, 0.1) is 5.82 Å². The molecule has 0 radical (unpaired) electrons. The van der Waals surface area contributed by atoms with Crippen LogP contribution in [-0.4, -0.2) is 19.3 Å². The van der Waals surface area contributed by atoms with E-state index in [2.05, 4.69) is 5.32 Å². The molecule has 2 nitrogen and oxygen atoms in total. The lowest BCUT2D eigenvalue weighted by atomic mass is 9.80. The molecule has 3 rings (SSSR count). The van der Waals surface area contributed by atoms with Gasteiger partial charge in [0.05, 0.1) is 5.60 Å². The van der Waals surface area contributed by atoms with E-state index in [4.69, 9.17) is 4.74 Å². The fourth-order valence-electron chi connectivity index (χ4n) is 3.16. The van der Waals surface area contributed by atoms with E-state index in [9.17, 15) is 4.39 Å². The average molecular weight is 249 g/mol. The van der Waals surface area contributed by atoms with Crippen molar-refractivity contribution in [3.8, 4) is 0 Å². The lowest BCUT2D eigenvalue weighted by Gasteiger charge is -2.41. The third kappa shape index (κ3) is 1.95. The molecular formula is C15H20FNO. The molecule has 2 aliphatic rings. The van der Waals surface area contributed by atoms with Gasteiger partial charge in [-0.1, -0.05) is 12.1 Å². The molecule has 0 bridgehead atoms. The molecule has 0 aliphatic heterocycles. The molecule has 0 spiro atoms. The van der Waals surface area contributed by atoms with Gasteiger partial charge in [0, 0.05) is 19.7 Å². The van der Waals surface area contributed by atoms with Crippen LogP contribution in [0.4, 0.5) is 4.39 Å². The number of hydrogen-bond donors (Lipinski definition) is 1. The topological polar surface area (TPSA) is 21.3 Å². The van der Waals surface area contributed by atoms with Gasteiger partial charge in [-0.05, 0) is 49.3 Å². The van der Waals surface area contributed by atoms with Gasteiger partial charge < -0.3 is 10.1 Å². The van der Waals surface area contributed by atoms with Gasteiger partial charge in [-0.25, -0.2) is 4.39 Å². The maximum absolute atomic E-state index is 13.6. The van der Waals surface area contributed by atoms with Gasteiger partial charge in [0.1, 0.15) is 5.82 Å². The Labute approximate surface area is 108 Å². The van der Waals surface area contributed by atoms with E-state index in [1.54, 1.807) is 13.2 Å². The van der Waals surface area contributed by atoms with Gasteiger partial charge in [-0.2, -0.15) is 0 Å². The van der Waals surface area contributed by atoms with E-state index in [1.807, 2.05) is 12.1 Å². The summed E-state index contributed by atoms with van der Waals surface area (Å²) in [4.78, 5) is 0. The second-order valence-corrected chi connectivity index (χ2v) is 5.52. The number of methoxy groups -OCH3 is 1. The number of ether oxygens (including phenoxy) is 1. The molecule has 3 heteroatoms. The second kappa shape index (κ2) is 4.63. The standard InChI is InChI=1S/C15H20FNO/c1-18-15(8-3-9-15)10-17-14-7-6-11-12(14)4-2-5-13(11)16/h2,4-5,14,17H,3,6-10H2,1H3. The Morgan fingerprint density at radius 2 is 2.28 bits per heavy atom. The first-order valence-electron chi connectivity index (χ1n) is 6.80. The van der Waals surface area contributed by atoms with E-state index >= 15 is 0 Å². The first-order valence-corrected chi connectivity index (χ1v) is 6.80. The van der Waals surface area contributed by atoms with Crippen LogP contribution in [0.2, 0.25) is 0 Å². The number of fused-ring (bicyclic) bond motifs is 1. The zero-order valence-electron chi connectivity index (χ0n) is 10.8. The number of halogens is 1. The van der Waals surface area contributed by atoms with Crippen molar-refractivity contribution >= 4 is 0 Å². The molecular weight excluding hydrogens is 229 g/mol. The number of nitrogens with one attached hydrogen (secondary N) is 1. The molecule has 0 saturated heterocycles. The number of hydrogen-bond acceptors (Lipinski definition) is 2. The fraction of sp³-hybridized carbons (Fsp3) is 0.600. The Hall–Kier alpha value is -0.930. The summed E-state index contributed by atoms with van der Waals surface area (Å²) in [6.45, 7) is 0.879. The minimum Gasteiger partial charge on any atom is -0.377 e. The number of rotatable bonds is 4. The van der Waals surface area contributed by atoms with Crippen molar-refractivity contribution in [2.24, 2.45) is 0 Å². The second-order valence-electron chi connectivity index (χ2n) is 5.52. The van der Waals surface area contributed by atoms with Crippen molar-refractivity contribution in [3.05, 3.63) is 35.1 Å². The summed E-state index contributed by atoms with van der Waals surface area (Å²) < 4.78 is 19.2. The van der Waals surface area contributed by atoms with Crippen LogP contribution in [0.1, 0.15) is 42.9 Å². The van der Waals surface area contributed by atoms with Crippen molar-refractivity contribution in [1.29, 1.82) is 0 Å². The van der Waals surface area contributed by atoms with Crippen LogP contribution in [0.25, 0.3) is 0 Å². The van der Waals surface area contributed by atoms with Gasteiger partial charge in [0.15, 0.2) is 0 Å². The van der Waals surface area contributed by atoms with Gasteiger partial charge in [0.25, 0.3) is 0 Å². The summed E-state index contributed by atoms with van der Waals surface area (Å²) in [6.07, 6.45) is 5.37. The molecule has 98 valence electrons. The van der Waals surface area contributed by atoms with Gasteiger partial charge in [-0.15, -0.1) is 0 Å². The van der Waals surface area contributed by atoms with E-state index in [-0.39, 0.29) is 11.4 Å². The van der Waals surface area contributed by atoms with Crippen LogP contribution < -0.4 is 5.32 Å². The monoisotopic (exact) mass is 249 g/mol. The Morgan fingerprint density at radius 1 is 1.44 bits per heavy atom. The predicted octanol–water partition coefficient (Wildman–Crippen LogP) is 2.97. The predicted molar refractivity (Wildman–Crippen MR) is 69.1 cm³/mol. The molecule has 0 amide bonds. The lowest BCUT2D eigenvalue weighted by Crippen LogP contribution is -2.48. The smallest absolute Gasteiger partial charge is 0.126 e. The Bertz CT molecular complexity index is 437. The molecule has 1 N–H and O–H groups in total. The summed E-state index contributed by atoms with van der Waals surface area (Å²) in [5.74, 6) is -0.0538. The fourth-order valence-corrected chi connectivity index (χ4v) is 3.16. The molecule has 1 unspecified atom stereocenters. The summed E-state index contributed by atoms with van der Waals surface area (Å²) in [5.41, 5.74) is 2.08. The molecule has 1 fully saturated rings. The van der Waals surface area contributed by atoms with Gasteiger partial charge in [-0.3, -0.25) is 0 Å². The Morgan fingerprint density at radius 3 is 2.94 bits per heavy atom. The van der Waals surface area contributed by atoms with Crippen molar-refractivity contribution in [1.82, 2.24) is 5.32 Å². The first kappa shape index (κ1) is 12.1. The highest BCUT2D eigenvalue weighted by molar-refractivity contribution is 5.35. The molecule has 1 aromatic carbocycles. The maximum Gasteiger partial charge on any atom is 0.126 e. The highest BCUT2D eigenvalue weighted by atomic mass is 19.1. The zero-order valence-corrected chi connectivity index (χ0v) is 10.8. The van der Waals surface area contributed by atoms with Crippen molar-refractivity contribution in [3.63, 3.8) is 0 Å². The quantitative estimate of drug-likeness (QED) is 0.885. The van der Waals surface area contributed by atoms with Gasteiger partial charge in [0.2, 0.25) is 0 Å². The minimum absolute atomic E-state index is 0.0378. The molecule has 0 heterocycles. The number of benzene rings is 1. The van der Waals surface area contributed by atoms with Crippen molar-refractivity contribution in [2.45, 2.75) is 43.7 Å². The molecule has 1 saturated carbocycles. The summed E-state index contributed by atoms with van der Waals surface area (Å²) >= 11 is 0. The summed E-state index contributed by atoms with van der Waals surface area (Å²) in [6, 6.07) is 5.71. The van der Waals surface area contributed by atoms with E-state index in [1.165, 1.54) is 6.42 Å². The third-order valence-electron chi connectivity index (χ3n) is 4.58. The van der Waals surface area contributed by atoms with Crippen LogP contribution >= 0.6 is 0 Å². The lowest BCUT2D eigenvalue weighted by molar-refractivity contribution is -0.0709. The molecule has 0 aromatic heterocycles. The van der Waals surface area contributed by atoms with E-state index in [0.717, 1.165) is 43.4 Å². The third-order valence-corrected chi connectivity index (χ3v) is 4.58. The summed E-state index contributed by atoms with van der Waals surface area (Å²) in [7, 11) is 1.79. The minimum atomic E-state index is -0.0538. The average Bonchev–Trinajstić information content (AvgIpc) is 2.73. The van der Waals surface area contributed by atoms with E-state index < -0.39 is 0 Å². The normalized spacial score (nSPS) is 24.7. The summed E-state index contributed by atoms with van der Waals surface area (Å²) in [5, 5.41) is 3.57. The SMILES string of the molecule is COC1(CNC2CCc3c(F)cccc32)CCC1. The van der Waals surface area contributed by atoms with Crippen LogP contribution in [0.3, 0.4) is 0 Å².